The number of aliphatic carboxylic acids is 1. The van der Waals surface area contributed by atoms with Crippen molar-refractivity contribution in [1.29, 1.82) is 0 Å². The molecule has 0 bridgehead atoms. The number of carbonyl (C=O) groups is 1. The second-order valence-electron chi connectivity index (χ2n) is 3.89. The lowest BCUT2D eigenvalue weighted by Crippen LogP contribution is -2.26. The number of carboxylic acids is 1. The van der Waals surface area contributed by atoms with Gasteiger partial charge >= 0.3 is 12.1 Å². The van der Waals surface area contributed by atoms with Gasteiger partial charge in [-0.2, -0.15) is 13.2 Å². The zero-order chi connectivity index (χ0) is 10.8. The highest BCUT2D eigenvalue weighted by atomic mass is 19.4. The Morgan fingerprint density at radius 2 is 2.00 bits per heavy atom. The Bertz CT molecular complexity index is 209. The van der Waals surface area contributed by atoms with Gasteiger partial charge in [0.05, 0.1) is 12.3 Å². The van der Waals surface area contributed by atoms with E-state index in [-0.39, 0.29) is 12.3 Å². The fourth-order valence-electron chi connectivity index (χ4n) is 1.68. The molecular formula is C9H13F3O2. The van der Waals surface area contributed by atoms with Crippen LogP contribution in [0.25, 0.3) is 0 Å². The molecule has 0 radical (unpaired) electrons. The molecule has 0 aromatic carbocycles. The maximum absolute atomic E-state index is 12.0. The molecular weight excluding hydrogens is 197 g/mol. The van der Waals surface area contributed by atoms with E-state index in [0.717, 1.165) is 19.3 Å². The summed E-state index contributed by atoms with van der Waals surface area (Å²) in [5, 5.41) is 8.61. The van der Waals surface area contributed by atoms with Gasteiger partial charge in [-0.1, -0.05) is 19.3 Å². The van der Waals surface area contributed by atoms with Gasteiger partial charge in [0, 0.05) is 0 Å². The van der Waals surface area contributed by atoms with Gasteiger partial charge in [0.25, 0.3) is 0 Å². The van der Waals surface area contributed by atoms with Crippen molar-refractivity contribution in [1.82, 2.24) is 0 Å². The molecule has 82 valence electrons. The van der Waals surface area contributed by atoms with Gasteiger partial charge in [0.1, 0.15) is 0 Å². The van der Waals surface area contributed by atoms with Crippen LogP contribution in [-0.4, -0.2) is 17.3 Å². The van der Waals surface area contributed by atoms with Crippen LogP contribution in [0.5, 0.6) is 0 Å². The SMILES string of the molecule is O=C(O)[C@@H](CC1CCC1)CC(F)(F)F. The Balaban J connectivity index is 2.42. The van der Waals surface area contributed by atoms with Crippen LogP contribution in [0.1, 0.15) is 32.1 Å². The maximum Gasteiger partial charge on any atom is 0.389 e. The molecule has 0 aromatic heterocycles. The second-order valence-corrected chi connectivity index (χ2v) is 3.89. The molecule has 0 unspecified atom stereocenters. The molecule has 1 aliphatic rings. The highest BCUT2D eigenvalue weighted by Gasteiger charge is 2.37. The van der Waals surface area contributed by atoms with E-state index in [1.54, 1.807) is 0 Å². The zero-order valence-corrected chi connectivity index (χ0v) is 7.68. The van der Waals surface area contributed by atoms with E-state index in [4.69, 9.17) is 5.11 Å². The van der Waals surface area contributed by atoms with Gasteiger partial charge in [-0.05, 0) is 12.3 Å². The molecule has 0 saturated heterocycles. The number of carboxylic acid groups (broad SMARTS) is 1. The molecule has 1 rings (SSSR count). The number of rotatable bonds is 4. The first kappa shape index (κ1) is 11.3. The summed E-state index contributed by atoms with van der Waals surface area (Å²) in [5.41, 5.74) is 0. The topological polar surface area (TPSA) is 37.3 Å². The van der Waals surface area contributed by atoms with Crippen molar-refractivity contribution in [3.8, 4) is 0 Å². The Morgan fingerprint density at radius 1 is 1.43 bits per heavy atom. The zero-order valence-electron chi connectivity index (χ0n) is 7.68. The van der Waals surface area contributed by atoms with E-state index in [2.05, 4.69) is 0 Å². The molecule has 1 N–H and O–H groups in total. The van der Waals surface area contributed by atoms with E-state index in [0.29, 0.717) is 0 Å². The molecule has 1 saturated carbocycles. The van der Waals surface area contributed by atoms with Gasteiger partial charge in [-0.3, -0.25) is 4.79 Å². The van der Waals surface area contributed by atoms with Crippen molar-refractivity contribution in [2.45, 2.75) is 38.3 Å². The lowest BCUT2D eigenvalue weighted by Gasteiger charge is -2.28. The number of alkyl halides is 3. The largest absolute Gasteiger partial charge is 0.481 e. The number of hydrogen-bond acceptors (Lipinski definition) is 1. The normalized spacial score (nSPS) is 20.2. The van der Waals surface area contributed by atoms with E-state index < -0.39 is 24.5 Å². The van der Waals surface area contributed by atoms with E-state index in [1.165, 1.54) is 0 Å². The van der Waals surface area contributed by atoms with Crippen molar-refractivity contribution < 1.29 is 23.1 Å². The van der Waals surface area contributed by atoms with E-state index in [1.807, 2.05) is 0 Å². The molecule has 5 heteroatoms. The first-order valence-corrected chi connectivity index (χ1v) is 4.68. The molecule has 14 heavy (non-hydrogen) atoms. The summed E-state index contributed by atoms with van der Waals surface area (Å²) in [6, 6.07) is 0. The molecule has 1 aliphatic carbocycles. The average molecular weight is 210 g/mol. The average Bonchev–Trinajstić information content (AvgIpc) is 1.91. The van der Waals surface area contributed by atoms with Crippen molar-refractivity contribution in [2.75, 3.05) is 0 Å². The van der Waals surface area contributed by atoms with Crippen molar-refractivity contribution in [3.05, 3.63) is 0 Å². The predicted octanol–water partition coefficient (Wildman–Crippen LogP) is 2.83. The minimum Gasteiger partial charge on any atom is -0.481 e. The predicted molar refractivity (Wildman–Crippen MR) is 43.8 cm³/mol. The molecule has 0 spiro atoms. The first-order chi connectivity index (χ1) is 6.38. The van der Waals surface area contributed by atoms with Crippen LogP contribution in [0, 0.1) is 11.8 Å². The summed E-state index contributed by atoms with van der Waals surface area (Å²) in [5.74, 6) is -2.38. The van der Waals surface area contributed by atoms with E-state index in [9.17, 15) is 18.0 Å². The standard InChI is InChI=1S/C9H13F3O2/c10-9(11,12)5-7(8(13)14)4-6-2-1-3-6/h6-7H,1-5H2,(H,13,14)/t7-/m0/s1. The highest BCUT2D eigenvalue weighted by molar-refractivity contribution is 5.70. The number of halogens is 3. The van der Waals surface area contributed by atoms with Gasteiger partial charge in [0.15, 0.2) is 0 Å². The van der Waals surface area contributed by atoms with E-state index >= 15 is 0 Å². The highest BCUT2D eigenvalue weighted by Crippen LogP contribution is 2.36. The number of hydrogen-bond donors (Lipinski definition) is 1. The van der Waals surface area contributed by atoms with Crippen LogP contribution in [0.3, 0.4) is 0 Å². The van der Waals surface area contributed by atoms with Crippen LogP contribution in [0.4, 0.5) is 13.2 Å². The Morgan fingerprint density at radius 3 is 2.29 bits per heavy atom. The monoisotopic (exact) mass is 210 g/mol. The second kappa shape index (κ2) is 4.19. The third-order valence-corrected chi connectivity index (χ3v) is 2.67. The van der Waals surface area contributed by atoms with Gasteiger partial charge in [0.2, 0.25) is 0 Å². The Kier molecular flexibility index (Phi) is 3.39. The lowest BCUT2D eigenvalue weighted by molar-refractivity contribution is -0.165. The summed E-state index contributed by atoms with van der Waals surface area (Å²) in [6.07, 6.45) is -2.62. The minimum absolute atomic E-state index is 0.175. The quantitative estimate of drug-likeness (QED) is 0.774. The molecule has 0 aliphatic heterocycles. The third kappa shape index (κ3) is 3.55. The summed E-state index contributed by atoms with van der Waals surface area (Å²) < 4.78 is 35.9. The van der Waals surface area contributed by atoms with Crippen molar-refractivity contribution >= 4 is 5.97 Å². The summed E-state index contributed by atoms with van der Waals surface area (Å²) >= 11 is 0. The Labute approximate surface area is 80.1 Å². The fourth-order valence-corrected chi connectivity index (χ4v) is 1.68. The molecule has 1 atom stereocenters. The molecule has 0 amide bonds. The summed E-state index contributed by atoms with van der Waals surface area (Å²) in [4.78, 5) is 10.6. The van der Waals surface area contributed by atoms with Crippen LogP contribution in [-0.2, 0) is 4.79 Å². The first-order valence-electron chi connectivity index (χ1n) is 4.68. The Hall–Kier alpha value is -0.740. The smallest absolute Gasteiger partial charge is 0.389 e. The van der Waals surface area contributed by atoms with Gasteiger partial charge in [-0.25, -0.2) is 0 Å². The summed E-state index contributed by atoms with van der Waals surface area (Å²) in [6.45, 7) is 0. The molecule has 0 aromatic rings. The summed E-state index contributed by atoms with van der Waals surface area (Å²) in [7, 11) is 0. The molecule has 2 nitrogen and oxygen atoms in total. The van der Waals surface area contributed by atoms with Crippen LogP contribution < -0.4 is 0 Å². The fraction of sp³-hybridized carbons (Fsp3) is 0.889. The van der Waals surface area contributed by atoms with Crippen LogP contribution >= 0.6 is 0 Å². The molecule has 0 heterocycles. The third-order valence-electron chi connectivity index (χ3n) is 2.67. The van der Waals surface area contributed by atoms with Crippen molar-refractivity contribution in [3.63, 3.8) is 0 Å². The molecule has 1 fully saturated rings. The lowest BCUT2D eigenvalue weighted by atomic mass is 9.78. The van der Waals surface area contributed by atoms with Crippen molar-refractivity contribution in [2.24, 2.45) is 11.8 Å². The van der Waals surface area contributed by atoms with Gasteiger partial charge in [-0.15, -0.1) is 0 Å². The maximum atomic E-state index is 12.0. The van der Waals surface area contributed by atoms with Gasteiger partial charge < -0.3 is 5.11 Å². The van der Waals surface area contributed by atoms with Crippen LogP contribution in [0.15, 0.2) is 0 Å². The van der Waals surface area contributed by atoms with Crippen LogP contribution in [0.2, 0.25) is 0 Å². The minimum atomic E-state index is -4.37.